The molecule has 4 rings (SSSR count). The minimum Gasteiger partial charge on any atom is -0.493 e. The van der Waals surface area contributed by atoms with Crippen LogP contribution in [0.15, 0.2) is 48.7 Å². The van der Waals surface area contributed by atoms with Gasteiger partial charge >= 0.3 is 6.03 Å². The van der Waals surface area contributed by atoms with E-state index in [4.69, 9.17) is 4.74 Å². The molecular weight excluding hydrogens is 352 g/mol. The lowest BCUT2D eigenvalue weighted by molar-refractivity contribution is 0.0493. The number of anilines is 1. The van der Waals surface area contributed by atoms with Gasteiger partial charge in [0.25, 0.3) is 0 Å². The maximum absolute atomic E-state index is 12.4. The van der Waals surface area contributed by atoms with E-state index in [2.05, 4.69) is 15.2 Å². The average Bonchev–Trinajstić information content (AvgIpc) is 2.70. The average molecular weight is 380 g/mol. The molecule has 0 aliphatic carbocycles. The molecule has 1 N–H and O–H groups in total. The SMILES string of the molecule is O=C(Nc1ccc(OCCc2ccccn2)cc1)N1CC(N2CCCCC2)C1. The number of nitrogens with zero attached hydrogens (tertiary/aromatic N) is 3. The van der Waals surface area contributed by atoms with Crippen molar-refractivity contribution in [3.63, 3.8) is 0 Å². The van der Waals surface area contributed by atoms with E-state index in [1.54, 1.807) is 6.20 Å². The van der Waals surface area contributed by atoms with Crippen LogP contribution in [0.25, 0.3) is 0 Å². The molecule has 1 aromatic carbocycles. The van der Waals surface area contributed by atoms with Gasteiger partial charge in [-0.25, -0.2) is 4.79 Å². The topological polar surface area (TPSA) is 57.7 Å². The highest BCUT2D eigenvalue weighted by Gasteiger charge is 2.35. The number of hydrogen-bond donors (Lipinski definition) is 1. The minimum absolute atomic E-state index is 0.0166. The number of nitrogens with one attached hydrogen (secondary N) is 1. The molecule has 2 amide bonds. The van der Waals surface area contributed by atoms with Crippen LogP contribution < -0.4 is 10.1 Å². The third kappa shape index (κ3) is 4.81. The van der Waals surface area contributed by atoms with Crippen LogP contribution in [0.1, 0.15) is 25.0 Å². The van der Waals surface area contributed by atoms with Crippen molar-refractivity contribution < 1.29 is 9.53 Å². The molecule has 0 spiro atoms. The summed E-state index contributed by atoms with van der Waals surface area (Å²) in [6.45, 7) is 4.61. The van der Waals surface area contributed by atoms with Gasteiger partial charge < -0.3 is 15.0 Å². The summed E-state index contributed by atoms with van der Waals surface area (Å²) in [5, 5.41) is 2.98. The Morgan fingerprint density at radius 2 is 1.86 bits per heavy atom. The van der Waals surface area contributed by atoms with Crippen LogP contribution >= 0.6 is 0 Å². The van der Waals surface area contributed by atoms with Crippen molar-refractivity contribution in [2.75, 3.05) is 38.1 Å². The lowest BCUT2D eigenvalue weighted by Crippen LogP contribution is -2.62. The van der Waals surface area contributed by atoms with Gasteiger partial charge in [0.2, 0.25) is 0 Å². The lowest BCUT2D eigenvalue weighted by atomic mass is 10.0. The zero-order valence-corrected chi connectivity index (χ0v) is 16.2. The van der Waals surface area contributed by atoms with Crippen molar-refractivity contribution in [1.29, 1.82) is 0 Å². The monoisotopic (exact) mass is 380 g/mol. The van der Waals surface area contributed by atoms with Crippen molar-refractivity contribution in [1.82, 2.24) is 14.8 Å². The fourth-order valence-corrected chi connectivity index (χ4v) is 3.79. The molecule has 2 fully saturated rings. The molecule has 2 saturated heterocycles. The smallest absolute Gasteiger partial charge is 0.321 e. The fourth-order valence-electron chi connectivity index (χ4n) is 3.79. The Hall–Kier alpha value is -2.60. The predicted octanol–water partition coefficient (Wildman–Crippen LogP) is 3.41. The van der Waals surface area contributed by atoms with Gasteiger partial charge in [0.1, 0.15) is 5.75 Å². The summed E-state index contributed by atoms with van der Waals surface area (Å²) in [5.74, 6) is 0.794. The van der Waals surface area contributed by atoms with Crippen molar-refractivity contribution in [2.24, 2.45) is 0 Å². The molecule has 6 heteroatoms. The van der Waals surface area contributed by atoms with E-state index < -0.39 is 0 Å². The first-order valence-electron chi connectivity index (χ1n) is 10.2. The molecule has 0 atom stereocenters. The summed E-state index contributed by atoms with van der Waals surface area (Å²) in [6.07, 6.45) is 6.49. The molecule has 0 radical (unpaired) electrons. The van der Waals surface area contributed by atoms with E-state index in [-0.39, 0.29) is 6.03 Å². The van der Waals surface area contributed by atoms with E-state index >= 15 is 0 Å². The number of likely N-dealkylation sites (tertiary alicyclic amines) is 2. The van der Waals surface area contributed by atoms with Crippen molar-refractivity contribution >= 4 is 11.7 Å². The van der Waals surface area contributed by atoms with Crippen LogP contribution in [0.2, 0.25) is 0 Å². The number of urea groups is 1. The Balaban J connectivity index is 1.18. The first-order chi connectivity index (χ1) is 13.8. The predicted molar refractivity (Wildman–Crippen MR) is 110 cm³/mol. The summed E-state index contributed by atoms with van der Waals surface area (Å²) < 4.78 is 5.76. The first-order valence-corrected chi connectivity index (χ1v) is 10.2. The van der Waals surface area contributed by atoms with Gasteiger partial charge in [0.15, 0.2) is 0 Å². The number of hydrogen-bond acceptors (Lipinski definition) is 4. The molecule has 2 aliphatic heterocycles. The van der Waals surface area contributed by atoms with Gasteiger partial charge in [-0.15, -0.1) is 0 Å². The number of ether oxygens (including phenoxy) is 1. The fraction of sp³-hybridized carbons (Fsp3) is 0.455. The van der Waals surface area contributed by atoms with Gasteiger partial charge in [0, 0.05) is 43.1 Å². The maximum Gasteiger partial charge on any atom is 0.321 e. The second-order valence-electron chi connectivity index (χ2n) is 7.53. The van der Waals surface area contributed by atoms with Crippen molar-refractivity contribution in [2.45, 2.75) is 31.7 Å². The van der Waals surface area contributed by atoms with Gasteiger partial charge in [-0.3, -0.25) is 9.88 Å². The zero-order valence-electron chi connectivity index (χ0n) is 16.2. The van der Waals surface area contributed by atoms with E-state index in [1.165, 1.54) is 32.4 Å². The number of rotatable bonds is 6. The van der Waals surface area contributed by atoms with Gasteiger partial charge in [-0.2, -0.15) is 0 Å². The number of piperidine rings is 1. The van der Waals surface area contributed by atoms with E-state index in [0.29, 0.717) is 12.6 Å². The van der Waals surface area contributed by atoms with Crippen molar-refractivity contribution in [3.8, 4) is 5.75 Å². The molecule has 1 aromatic heterocycles. The highest BCUT2D eigenvalue weighted by Crippen LogP contribution is 2.21. The summed E-state index contributed by atoms with van der Waals surface area (Å²) in [7, 11) is 0. The highest BCUT2D eigenvalue weighted by atomic mass is 16.5. The Labute approximate surface area is 166 Å². The molecule has 2 aromatic rings. The number of amides is 2. The summed E-state index contributed by atoms with van der Waals surface area (Å²) in [5.41, 5.74) is 1.81. The molecule has 0 unspecified atom stereocenters. The van der Waals surface area contributed by atoms with Crippen LogP contribution in [-0.2, 0) is 6.42 Å². The largest absolute Gasteiger partial charge is 0.493 e. The molecule has 6 nitrogen and oxygen atoms in total. The van der Waals surface area contributed by atoms with Gasteiger partial charge in [-0.05, 0) is 62.3 Å². The third-order valence-corrected chi connectivity index (χ3v) is 5.52. The number of benzene rings is 1. The molecule has 148 valence electrons. The Morgan fingerprint density at radius 3 is 2.57 bits per heavy atom. The standard InChI is InChI=1S/C22H28N4O2/c27-22(26-16-20(17-26)25-13-4-1-5-14-25)24-19-7-9-21(10-8-19)28-15-11-18-6-2-3-12-23-18/h2-3,6-10,12,20H,1,4-5,11,13-17H2,(H,24,27). The number of pyridine rings is 1. The summed E-state index contributed by atoms with van der Waals surface area (Å²) in [4.78, 5) is 21.1. The van der Waals surface area contributed by atoms with Crippen LogP contribution in [0.3, 0.4) is 0 Å². The van der Waals surface area contributed by atoms with Gasteiger partial charge in [-0.1, -0.05) is 12.5 Å². The maximum atomic E-state index is 12.4. The molecule has 3 heterocycles. The first kappa shape index (κ1) is 18.7. The molecule has 0 bridgehead atoms. The molecule has 2 aliphatic rings. The molecule has 28 heavy (non-hydrogen) atoms. The minimum atomic E-state index is -0.0166. The number of carbonyl (C=O) groups excluding carboxylic acids is 1. The third-order valence-electron chi connectivity index (χ3n) is 5.52. The summed E-state index contributed by atoms with van der Waals surface area (Å²) >= 11 is 0. The number of carbonyl (C=O) groups is 1. The Morgan fingerprint density at radius 1 is 1.07 bits per heavy atom. The van der Waals surface area contributed by atoms with Gasteiger partial charge in [0.05, 0.1) is 6.61 Å². The second-order valence-corrected chi connectivity index (χ2v) is 7.53. The van der Waals surface area contributed by atoms with Crippen LogP contribution in [0.4, 0.5) is 10.5 Å². The lowest BCUT2D eigenvalue weighted by Gasteiger charge is -2.46. The van der Waals surface area contributed by atoms with Crippen LogP contribution in [-0.4, -0.2) is 59.6 Å². The normalized spacial score (nSPS) is 17.8. The molecular formula is C22H28N4O2. The van der Waals surface area contributed by atoms with Crippen LogP contribution in [0, 0.1) is 0 Å². The highest BCUT2D eigenvalue weighted by molar-refractivity contribution is 5.90. The van der Waals surface area contributed by atoms with Crippen LogP contribution in [0.5, 0.6) is 5.75 Å². The Bertz CT molecular complexity index is 754. The Kier molecular flexibility index (Phi) is 6.07. The van der Waals surface area contributed by atoms with E-state index in [1.807, 2.05) is 47.4 Å². The number of aromatic nitrogens is 1. The van der Waals surface area contributed by atoms with Crippen molar-refractivity contribution in [3.05, 3.63) is 54.4 Å². The second kappa shape index (κ2) is 9.06. The quantitative estimate of drug-likeness (QED) is 0.834. The summed E-state index contributed by atoms with van der Waals surface area (Å²) in [6, 6.07) is 14.0. The van der Waals surface area contributed by atoms with E-state index in [0.717, 1.165) is 36.6 Å². The molecule has 0 saturated carbocycles. The zero-order chi connectivity index (χ0) is 19.2. The van der Waals surface area contributed by atoms with E-state index in [9.17, 15) is 4.79 Å².